The largest absolute Gasteiger partial charge is 0.374 e. The molecule has 84 valence electrons. The molecule has 0 aromatic heterocycles. The van der Waals surface area contributed by atoms with E-state index in [0.29, 0.717) is 0 Å². The summed E-state index contributed by atoms with van der Waals surface area (Å²) in [7, 11) is 1.88. The highest BCUT2D eigenvalue weighted by molar-refractivity contribution is 5.83. The average molecular weight is 198 g/mol. The summed E-state index contributed by atoms with van der Waals surface area (Å²) in [4.78, 5) is 4.17. The molecule has 2 unspecified atom stereocenters. The topological polar surface area (TPSA) is 24.4 Å². The molecule has 0 aromatic carbocycles. The van der Waals surface area contributed by atoms with Crippen LogP contribution in [0.25, 0.3) is 0 Å². The van der Waals surface area contributed by atoms with Gasteiger partial charge in [0.25, 0.3) is 0 Å². The maximum Gasteiger partial charge on any atom is 0.0962 e. The number of hydrogen-bond donors (Lipinski definition) is 1. The van der Waals surface area contributed by atoms with Crippen LogP contribution in [0, 0.1) is 11.8 Å². The van der Waals surface area contributed by atoms with E-state index < -0.39 is 0 Å². The lowest BCUT2D eigenvalue weighted by Gasteiger charge is -2.41. The van der Waals surface area contributed by atoms with Gasteiger partial charge in [-0.05, 0) is 24.7 Å². The minimum atomic E-state index is 0.972. The zero-order chi connectivity index (χ0) is 11.0. The number of aliphatic imine (C=N–C) groups is 1. The van der Waals surface area contributed by atoms with Gasteiger partial charge in [0.05, 0.1) is 5.84 Å². The van der Waals surface area contributed by atoms with Crippen LogP contribution < -0.4 is 5.32 Å². The molecule has 0 bridgehead atoms. The molecule has 2 aliphatic rings. The van der Waals surface area contributed by atoms with Crippen LogP contribution >= 0.6 is 0 Å². The third-order valence-electron chi connectivity index (χ3n) is 2.87. The van der Waals surface area contributed by atoms with Crippen molar-refractivity contribution in [2.75, 3.05) is 13.6 Å². The Bertz CT molecular complexity index is 164. The first-order valence-corrected chi connectivity index (χ1v) is 6.09. The Kier molecular flexibility index (Phi) is 7.54. The van der Waals surface area contributed by atoms with Crippen LogP contribution in [0.5, 0.6) is 0 Å². The molecule has 14 heavy (non-hydrogen) atoms. The highest BCUT2D eigenvalue weighted by Gasteiger charge is 2.34. The molecule has 2 atom stereocenters. The first-order chi connectivity index (χ1) is 6.90. The van der Waals surface area contributed by atoms with Gasteiger partial charge in [-0.25, -0.2) is 0 Å². The summed E-state index contributed by atoms with van der Waals surface area (Å²) in [6.07, 6.45) is 4.08. The molecule has 0 amide bonds. The maximum atomic E-state index is 4.17. The molecule has 0 spiro atoms. The molecular weight excluding hydrogens is 172 g/mol. The summed E-state index contributed by atoms with van der Waals surface area (Å²) in [6.45, 7) is 9.18. The van der Waals surface area contributed by atoms with Crippen LogP contribution in [-0.2, 0) is 0 Å². The lowest BCUT2D eigenvalue weighted by atomic mass is 9.70. The van der Waals surface area contributed by atoms with Crippen molar-refractivity contribution in [3.05, 3.63) is 0 Å². The van der Waals surface area contributed by atoms with E-state index >= 15 is 0 Å². The molecule has 2 nitrogen and oxygen atoms in total. The fraction of sp³-hybridized carbons (Fsp3) is 0.917. The third-order valence-corrected chi connectivity index (χ3v) is 2.87. The molecule has 1 aliphatic heterocycles. The van der Waals surface area contributed by atoms with Crippen LogP contribution in [-0.4, -0.2) is 19.4 Å². The number of fused-ring (bicyclic) bond motifs is 1. The van der Waals surface area contributed by atoms with Crippen molar-refractivity contribution < 1.29 is 0 Å². The number of piperidine rings is 1. The van der Waals surface area contributed by atoms with Gasteiger partial charge in [-0.3, -0.25) is 4.99 Å². The predicted octanol–water partition coefficient (Wildman–Crippen LogP) is 3.09. The number of amidine groups is 1. The van der Waals surface area contributed by atoms with Gasteiger partial charge in [-0.15, -0.1) is 0 Å². The van der Waals surface area contributed by atoms with Crippen LogP contribution in [0.3, 0.4) is 0 Å². The van der Waals surface area contributed by atoms with Gasteiger partial charge in [0.1, 0.15) is 0 Å². The Morgan fingerprint density at radius 3 is 2.00 bits per heavy atom. The van der Waals surface area contributed by atoms with Crippen molar-refractivity contribution in [1.29, 1.82) is 0 Å². The molecule has 1 saturated heterocycles. The zero-order valence-electron chi connectivity index (χ0n) is 10.4. The molecule has 0 radical (unpaired) electrons. The fourth-order valence-electron chi connectivity index (χ4n) is 1.92. The first-order valence-electron chi connectivity index (χ1n) is 6.09. The predicted molar refractivity (Wildman–Crippen MR) is 64.9 cm³/mol. The normalized spacial score (nSPS) is 30.8. The van der Waals surface area contributed by atoms with Gasteiger partial charge in [0.2, 0.25) is 0 Å². The summed E-state index contributed by atoms with van der Waals surface area (Å²) in [6, 6.07) is 0. The Labute approximate surface area is 89.2 Å². The minimum absolute atomic E-state index is 0.972. The Hall–Kier alpha value is -0.530. The van der Waals surface area contributed by atoms with E-state index in [2.05, 4.69) is 10.3 Å². The summed E-state index contributed by atoms with van der Waals surface area (Å²) in [5.74, 6) is 3.17. The number of nitrogens with zero attached hydrogens (tertiary/aromatic N) is 1. The molecule has 1 N–H and O–H groups in total. The standard InChI is InChI=1S/C8H14N2.2C2H6/c1-9-8-4-6-2-3-7(6)5-10-8;2*1-2/h6-7H,2-5H2,1H3,(H,9,10);2*1-2H3. The Balaban J connectivity index is 0.000000379. The van der Waals surface area contributed by atoms with Crippen LogP contribution in [0.15, 0.2) is 4.99 Å². The summed E-state index contributed by atoms with van der Waals surface area (Å²) in [5, 5.41) is 3.35. The number of hydrogen-bond acceptors (Lipinski definition) is 1. The van der Waals surface area contributed by atoms with Gasteiger partial charge >= 0.3 is 0 Å². The Morgan fingerprint density at radius 1 is 1.07 bits per heavy atom. The van der Waals surface area contributed by atoms with Crippen molar-refractivity contribution in [2.24, 2.45) is 16.8 Å². The Morgan fingerprint density at radius 2 is 1.64 bits per heavy atom. The average Bonchev–Trinajstić information content (AvgIpc) is 2.26. The van der Waals surface area contributed by atoms with Gasteiger partial charge in [0.15, 0.2) is 0 Å². The number of rotatable bonds is 0. The molecule has 1 aliphatic carbocycles. The molecule has 0 aromatic rings. The van der Waals surface area contributed by atoms with Crippen molar-refractivity contribution in [1.82, 2.24) is 5.32 Å². The van der Waals surface area contributed by atoms with Crippen LogP contribution in [0.1, 0.15) is 47.0 Å². The summed E-state index contributed by atoms with van der Waals surface area (Å²) in [5.41, 5.74) is 0. The van der Waals surface area contributed by atoms with Crippen molar-refractivity contribution in [3.63, 3.8) is 0 Å². The van der Waals surface area contributed by atoms with Gasteiger partial charge < -0.3 is 5.32 Å². The van der Waals surface area contributed by atoms with Crippen LogP contribution in [0.4, 0.5) is 0 Å². The van der Waals surface area contributed by atoms with E-state index in [-0.39, 0.29) is 0 Å². The molecule has 1 heterocycles. The second-order valence-electron chi connectivity index (χ2n) is 3.35. The first kappa shape index (κ1) is 13.5. The summed E-state index contributed by atoms with van der Waals surface area (Å²) < 4.78 is 0. The third kappa shape index (κ3) is 3.32. The fourth-order valence-corrected chi connectivity index (χ4v) is 1.92. The second-order valence-corrected chi connectivity index (χ2v) is 3.35. The maximum absolute atomic E-state index is 4.17. The molecule has 1 saturated carbocycles. The SMILES string of the molecule is CC.CC.CN=C1CC2CCC2CN1. The number of nitrogens with one attached hydrogen (secondary N) is 1. The second kappa shape index (κ2) is 7.84. The van der Waals surface area contributed by atoms with E-state index in [4.69, 9.17) is 0 Å². The molecular formula is C12H26N2. The molecule has 2 fully saturated rings. The van der Waals surface area contributed by atoms with Crippen molar-refractivity contribution in [3.8, 4) is 0 Å². The van der Waals surface area contributed by atoms with E-state index in [1.165, 1.54) is 31.6 Å². The zero-order valence-corrected chi connectivity index (χ0v) is 10.4. The monoisotopic (exact) mass is 198 g/mol. The van der Waals surface area contributed by atoms with Gasteiger partial charge in [-0.2, -0.15) is 0 Å². The van der Waals surface area contributed by atoms with E-state index in [9.17, 15) is 0 Å². The van der Waals surface area contributed by atoms with E-state index in [1.807, 2.05) is 34.7 Å². The lowest BCUT2D eigenvalue weighted by Crippen LogP contribution is -2.45. The van der Waals surface area contributed by atoms with Gasteiger partial charge in [0, 0.05) is 20.0 Å². The minimum Gasteiger partial charge on any atom is -0.374 e. The highest BCUT2D eigenvalue weighted by Crippen LogP contribution is 2.38. The molecule has 2 rings (SSSR count). The quantitative estimate of drug-likeness (QED) is 0.635. The smallest absolute Gasteiger partial charge is 0.0962 e. The van der Waals surface area contributed by atoms with Crippen molar-refractivity contribution >= 4 is 5.84 Å². The van der Waals surface area contributed by atoms with E-state index in [1.54, 1.807) is 0 Å². The van der Waals surface area contributed by atoms with Gasteiger partial charge in [-0.1, -0.05) is 27.7 Å². The van der Waals surface area contributed by atoms with Crippen molar-refractivity contribution in [2.45, 2.75) is 47.0 Å². The molecule has 2 heteroatoms. The highest BCUT2D eigenvalue weighted by atomic mass is 15.0. The summed E-state index contributed by atoms with van der Waals surface area (Å²) >= 11 is 0. The van der Waals surface area contributed by atoms with Crippen LogP contribution in [0.2, 0.25) is 0 Å². The van der Waals surface area contributed by atoms with E-state index in [0.717, 1.165) is 11.8 Å². The lowest BCUT2D eigenvalue weighted by molar-refractivity contribution is 0.169.